The molecule has 2 atom stereocenters. The van der Waals surface area contributed by atoms with Crippen molar-refractivity contribution in [3.8, 4) is 5.82 Å². The zero-order valence-corrected chi connectivity index (χ0v) is 9.91. The molecule has 7 heteroatoms. The van der Waals surface area contributed by atoms with Gasteiger partial charge in [-0.2, -0.15) is 5.10 Å². The van der Waals surface area contributed by atoms with Gasteiger partial charge in [-0.3, -0.25) is 0 Å². The summed E-state index contributed by atoms with van der Waals surface area (Å²) >= 11 is 0. The van der Waals surface area contributed by atoms with E-state index in [-0.39, 0.29) is 5.69 Å². The largest absolute Gasteiger partial charge is 0.476 e. The topological polar surface area (TPSA) is 93.9 Å². The van der Waals surface area contributed by atoms with Crippen LogP contribution in [0.15, 0.2) is 18.6 Å². The van der Waals surface area contributed by atoms with Gasteiger partial charge in [0, 0.05) is 16.4 Å². The van der Waals surface area contributed by atoms with Gasteiger partial charge in [0.05, 0.1) is 16.3 Å². The lowest BCUT2D eigenvalue weighted by atomic mass is 10.1. The molecule has 2 aliphatic carbocycles. The Balaban J connectivity index is 1.96. The first-order chi connectivity index (χ1) is 9.15. The van der Waals surface area contributed by atoms with Gasteiger partial charge in [0.25, 0.3) is 6.20 Å². The Bertz CT molecular complexity index is 761. The van der Waals surface area contributed by atoms with Crippen molar-refractivity contribution in [3.05, 3.63) is 40.4 Å². The van der Waals surface area contributed by atoms with Gasteiger partial charge in [-0.05, 0) is 18.8 Å². The molecular formula is C12H11N4O3+. The van der Waals surface area contributed by atoms with Crippen LogP contribution >= 0.6 is 0 Å². The number of aromatic nitrogens is 4. The lowest BCUT2D eigenvalue weighted by molar-refractivity contribution is -0.495. The minimum Gasteiger partial charge on any atom is -0.476 e. The zero-order chi connectivity index (χ0) is 13.1. The standard InChI is InChI=1S/C12H10N4O3/c17-12(18)10-8-4-6-3-7(6)11(8)16(14-10)9-5-15(19)2-1-13-9/h1-2,5-7H,3-4H2,(H-,13,17,18,19)/p+1/t6?,7-/m0/s1. The summed E-state index contributed by atoms with van der Waals surface area (Å²) in [6, 6.07) is 0. The van der Waals surface area contributed by atoms with Crippen LogP contribution in [0.4, 0.5) is 0 Å². The number of aromatic amines is 1. The fourth-order valence-electron chi connectivity index (χ4n) is 2.98. The van der Waals surface area contributed by atoms with Crippen molar-refractivity contribution in [2.45, 2.75) is 18.8 Å². The second-order valence-electron chi connectivity index (χ2n) is 5.07. The van der Waals surface area contributed by atoms with Gasteiger partial charge in [-0.25, -0.2) is 9.48 Å². The first kappa shape index (κ1) is 10.5. The van der Waals surface area contributed by atoms with Gasteiger partial charge in [0.1, 0.15) is 0 Å². The molecule has 2 N–H and O–H groups in total. The maximum absolute atomic E-state index is 11.3. The number of aromatic carboxylic acids is 1. The minimum atomic E-state index is -1.01. The van der Waals surface area contributed by atoms with Crippen molar-refractivity contribution in [1.29, 1.82) is 0 Å². The molecule has 7 nitrogen and oxygen atoms in total. The SMILES string of the molecule is O=C(O)c1nn(-c2c[n+](=O)cc[nH]2)c2c1CC1C[C@H]21. The van der Waals surface area contributed by atoms with E-state index in [1.165, 1.54) is 18.6 Å². The molecule has 0 amide bonds. The number of rotatable bonds is 2. The van der Waals surface area contributed by atoms with Crippen molar-refractivity contribution in [2.75, 3.05) is 0 Å². The molecule has 4 rings (SSSR count). The molecule has 2 heterocycles. The molecule has 2 aromatic heterocycles. The summed E-state index contributed by atoms with van der Waals surface area (Å²) in [7, 11) is 0. The van der Waals surface area contributed by atoms with Crippen molar-refractivity contribution in [2.24, 2.45) is 5.92 Å². The summed E-state index contributed by atoms with van der Waals surface area (Å²) in [4.78, 5) is 25.5. The van der Waals surface area contributed by atoms with E-state index in [0.29, 0.717) is 22.1 Å². The molecule has 0 aromatic carbocycles. The van der Waals surface area contributed by atoms with Crippen LogP contribution in [-0.2, 0) is 6.42 Å². The van der Waals surface area contributed by atoms with Crippen LogP contribution in [0.2, 0.25) is 0 Å². The average Bonchev–Trinajstić information content (AvgIpc) is 2.87. The molecule has 0 saturated heterocycles. The third-order valence-electron chi connectivity index (χ3n) is 3.90. The molecule has 0 radical (unpaired) electrons. The molecule has 2 aromatic rings. The Morgan fingerprint density at radius 2 is 2.42 bits per heavy atom. The second-order valence-corrected chi connectivity index (χ2v) is 5.07. The van der Waals surface area contributed by atoms with E-state index in [1.807, 2.05) is 0 Å². The highest BCUT2D eigenvalue weighted by Crippen LogP contribution is 2.57. The number of carboxylic acid groups (broad SMARTS) is 1. The Morgan fingerprint density at radius 3 is 3.16 bits per heavy atom. The maximum Gasteiger partial charge on any atom is 0.356 e. The molecule has 0 bridgehead atoms. The molecule has 96 valence electrons. The van der Waals surface area contributed by atoms with E-state index < -0.39 is 5.97 Å². The van der Waals surface area contributed by atoms with Crippen LogP contribution in [0.5, 0.6) is 0 Å². The van der Waals surface area contributed by atoms with Crippen LogP contribution < -0.4 is 4.43 Å². The number of nitrogens with one attached hydrogen (secondary N) is 1. The summed E-state index contributed by atoms with van der Waals surface area (Å²) in [5.41, 5.74) is 1.88. The summed E-state index contributed by atoms with van der Waals surface area (Å²) in [5, 5.41) is 13.4. The van der Waals surface area contributed by atoms with E-state index in [1.54, 1.807) is 4.68 Å². The number of hydrogen-bond donors (Lipinski definition) is 2. The molecule has 1 unspecified atom stereocenters. The van der Waals surface area contributed by atoms with Crippen LogP contribution in [0, 0.1) is 10.8 Å². The Kier molecular flexibility index (Phi) is 1.83. The molecule has 19 heavy (non-hydrogen) atoms. The van der Waals surface area contributed by atoms with Crippen LogP contribution in [0.25, 0.3) is 5.82 Å². The number of carboxylic acids is 1. The van der Waals surface area contributed by atoms with Crippen LogP contribution in [-0.4, -0.2) is 25.8 Å². The summed E-state index contributed by atoms with van der Waals surface area (Å²) in [6.07, 6.45) is 6.07. The Morgan fingerprint density at radius 1 is 1.58 bits per heavy atom. The van der Waals surface area contributed by atoms with Gasteiger partial charge in [0.15, 0.2) is 5.69 Å². The van der Waals surface area contributed by atoms with E-state index in [4.69, 9.17) is 0 Å². The molecule has 2 aliphatic rings. The normalized spacial score (nSPS) is 22.9. The number of hydrogen-bond acceptors (Lipinski definition) is 3. The zero-order valence-electron chi connectivity index (χ0n) is 9.91. The Labute approximate surface area is 107 Å². The van der Waals surface area contributed by atoms with E-state index >= 15 is 0 Å². The Hall–Kier alpha value is -2.44. The molecule has 1 fully saturated rings. The highest BCUT2D eigenvalue weighted by atomic mass is 16.4. The van der Waals surface area contributed by atoms with Crippen LogP contribution in [0.1, 0.15) is 34.1 Å². The van der Waals surface area contributed by atoms with E-state index in [9.17, 15) is 14.8 Å². The predicted octanol–water partition coefficient (Wildman–Crippen LogP) is 0.473. The molecule has 0 spiro atoms. The van der Waals surface area contributed by atoms with Crippen LogP contribution in [0.3, 0.4) is 0 Å². The minimum absolute atomic E-state index is 0.108. The molecule has 0 aliphatic heterocycles. The van der Waals surface area contributed by atoms with E-state index in [0.717, 1.165) is 24.1 Å². The highest BCUT2D eigenvalue weighted by Gasteiger charge is 2.50. The van der Waals surface area contributed by atoms with Gasteiger partial charge < -0.3 is 10.1 Å². The summed E-state index contributed by atoms with van der Waals surface area (Å²) in [6.45, 7) is 0. The number of nitrogens with zero attached hydrogens (tertiary/aromatic N) is 3. The molecular weight excluding hydrogens is 248 g/mol. The summed E-state index contributed by atoms with van der Waals surface area (Å²) in [5.74, 6) is 0.431. The number of carbonyl (C=O) groups is 1. The second kappa shape index (κ2) is 3.31. The first-order valence-corrected chi connectivity index (χ1v) is 6.11. The fraction of sp³-hybridized carbons (Fsp3) is 0.333. The average molecular weight is 259 g/mol. The van der Waals surface area contributed by atoms with Gasteiger partial charge in [-0.1, -0.05) is 0 Å². The lowest BCUT2D eigenvalue weighted by Gasteiger charge is -2.02. The third-order valence-corrected chi connectivity index (χ3v) is 3.90. The first-order valence-electron chi connectivity index (χ1n) is 6.11. The number of fused-ring (bicyclic) bond motifs is 3. The van der Waals surface area contributed by atoms with Crippen molar-refractivity contribution in [1.82, 2.24) is 14.8 Å². The van der Waals surface area contributed by atoms with Gasteiger partial charge >= 0.3 is 5.97 Å². The van der Waals surface area contributed by atoms with Crippen molar-refractivity contribution >= 4 is 5.97 Å². The predicted molar refractivity (Wildman–Crippen MR) is 62.8 cm³/mol. The number of H-pyrrole nitrogens is 1. The lowest BCUT2D eigenvalue weighted by Crippen LogP contribution is -2.16. The highest BCUT2D eigenvalue weighted by molar-refractivity contribution is 5.88. The van der Waals surface area contributed by atoms with Crippen molar-refractivity contribution in [3.63, 3.8) is 0 Å². The fourth-order valence-corrected chi connectivity index (χ4v) is 2.98. The molecule has 1 saturated carbocycles. The monoisotopic (exact) mass is 259 g/mol. The van der Waals surface area contributed by atoms with Gasteiger partial charge in [0.2, 0.25) is 12.0 Å². The van der Waals surface area contributed by atoms with Crippen molar-refractivity contribution < 1.29 is 14.3 Å². The summed E-state index contributed by atoms with van der Waals surface area (Å²) < 4.78 is 2.24. The third kappa shape index (κ3) is 1.38. The van der Waals surface area contributed by atoms with E-state index in [2.05, 4.69) is 10.1 Å². The van der Waals surface area contributed by atoms with Gasteiger partial charge in [-0.15, -0.1) is 0 Å². The quantitative estimate of drug-likeness (QED) is 0.767. The smallest absolute Gasteiger partial charge is 0.356 e. The maximum atomic E-state index is 11.3.